The Morgan fingerprint density at radius 2 is 2.22 bits per heavy atom. The van der Waals surface area contributed by atoms with Crippen molar-refractivity contribution in [3.63, 3.8) is 0 Å². The molecule has 0 saturated heterocycles. The average molecular weight is 276 g/mol. The molecule has 8 heteroatoms. The SMILES string of the molecule is CCS(=O)(=O)CCNc1nccc(C(=O)O)c1F. The molecule has 1 heterocycles. The standard InChI is InChI=1S/C10H13FN2O4S/c1-2-18(16,17)6-5-13-9-8(11)7(10(14)15)3-4-12-9/h3-4H,2,5-6H2,1H3,(H,12,13)(H,14,15). The van der Waals surface area contributed by atoms with Gasteiger partial charge in [0, 0.05) is 18.5 Å². The molecule has 0 spiro atoms. The fourth-order valence-electron chi connectivity index (χ4n) is 1.20. The van der Waals surface area contributed by atoms with Gasteiger partial charge in [0.05, 0.1) is 5.75 Å². The van der Waals surface area contributed by atoms with E-state index in [4.69, 9.17) is 5.11 Å². The van der Waals surface area contributed by atoms with Crippen LogP contribution < -0.4 is 5.32 Å². The first-order valence-electron chi connectivity index (χ1n) is 5.19. The Hall–Kier alpha value is -1.70. The molecular formula is C10H13FN2O4S. The maximum absolute atomic E-state index is 13.6. The van der Waals surface area contributed by atoms with Gasteiger partial charge in [-0.3, -0.25) is 0 Å². The summed E-state index contributed by atoms with van der Waals surface area (Å²) in [6.07, 6.45) is 1.14. The third-order valence-corrected chi connectivity index (χ3v) is 3.97. The van der Waals surface area contributed by atoms with Gasteiger partial charge < -0.3 is 10.4 Å². The Kier molecular flexibility index (Phi) is 4.60. The van der Waals surface area contributed by atoms with Crippen LogP contribution in [0.2, 0.25) is 0 Å². The third kappa shape index (κ3) is 3.66. The van der Waals surface area contributed by atoms with Crippen molar-refractivity contribution in [1.82, 2.24) is 4.98 Å². The van der Waals surface area contributed by atoms with Gasteiger partial charge in [-0.1, -0.05) is 6.92 Å². The molecule has 100 valence electrons. The Morgan fingerprint density at radius 3 is 2.78 bits per heavy atom. The first kappa shape index (κ1) is 14.4. The molecule has 0 aliphatic heterocycles. The number of carboxylic acid groups (broad SMARTS) is 1. The van der Waals surface area contributed by atoms with Gasteiger partial charge in [-0.25, -0.2) is 22.6 Å². The highest BCUT2D eigenvalue weighted by atomic mass is 32.2. The molecule has 0 radical (unpaired) electrons. The lowest BCUT2D eigenvalue weighted by Crippen LogP contribution is -2.18. The summed E-state index contributed by atoms with van der Waals surface area (Å²) in [5.41, 5.74) is -0.508. The minimum Gasteiger partial charge on any atom is -0.478 e. The van der Waals surface area contributed by atoms with Crippen LogP contribution in [-0.4, -0.2) is 42.5 Å². The molecule has 1 aromatic rings. The zero-order valence-electron chi connectivity index (χ0n) is 9.68. The Labute approximate surface area is 104 Å². The summed E-state index contributed by atoms with van der Waals surface area (Å²) >= 11 is 0. The lowest BCUT2D eigenvalue weighted by molar-refractivity contribution is 0.0692. The van der Waals surface area contributed by atoms with Crippen LogP contribution in [0.25, 0.3) is 0 Å². The van der Waals surface area contributed by atoms with E-state index in [1.54, 1.807) is 0 Å². The van der Waals surface area contributed by atoms with Crippen molar-refractivity contribution in [2.24, 2.45) is 0 Å². The topological polar surface area (TPSA) is 96.4 Å². The van der Waals surface area contributed by atoms with E-state index < -0.39 is 27.2 Å². The molecule has 18 heavy (non-hydrogen) atoms. The van der Waals surface area contributed by atoms with Gasteiger partial charge in [0.25, 0.3) is 0 Å². The van der Waals surface area contributed by atoms with Gasteiger partial charge in [-0.2, -0.15) is 0 Å². The number of halogens is 1. The van der Waals surface area contributed by atoms with Gasteiger partial charge in [0.15, 0.2) is 21.5 Å². The molecule has 0 atom stereocenters. The van der Waals surface area contributed by atoms with E-state index in [-0.39, 0.29) is 23.9 Å². The van der Waals surface area contributed by atoms with Gasteiger partial charge in [-0.05, 0) is 6.07 Å². The van der Waals surface area contributed by atoms with E-state index in [1.807, 2.05) is 0 Å². The number of aromatic carboxylic acids is 1. The second-order valence-corrected chi connectivity index (χ2v) is 5.96. The maximum Gasteiger partial charge on any atom is 0.338 e. The fourth-order valence-corrected chi connectivity index (χ4v) is 1.90. The van der Waals surface area contributed by atoms with Crippen LogP contribution in [0.15, 0.2) is 12.3 Å². The van der Waals surface area contributed by atoms with Crippen molar-refractivity contribution >= 4 is 21.6 Å². The van der Waals surface area contributed by atoms with Crippen LogP contribution in [-0.2, 0) is 9.84 Å². The van der Waals surface area contributed by atoms with Crippen LogP contribution in [0, 0.1) is 5.82 Å². The number of nitrogens with one attached hydrogen (secondary N) is 1. The molecule has 0 amide bonds. The van der Waals surface area contributed by atoms with E-state index in [0.717, 1.165) is 12.3 Å². The third-order valence-electron chi connectivity index (χ3n) is 2.26. The fraction of sp³-hybridized carbons (Fsp3) is 0.400. The highest BCUT2D eigenvalue weighted by molar-refractivity contribution is 7.91. The molecule has 0 aromatic carbocycles. The number of nitrogens with zero attached hydrogens (tertiary/aromatic N) is 1. The summed E-state index contributed by atoms with van der Waals surface area (Å²) in [4.78, 5) is 14.3. The first-order valence-corrected chi connectivity index (χ1v) is 7.01. The average Bonchev–Trinajstić information content (AvgIpc) is 2.31. The quantitative estimate of drug-likeness (QED) is 0.796. The van der Waals surface area contributed by atoms with Crippen LogP contribution in [0.5, 0.6) is 0 Å². The summed E-state index contributed by atoms with van der Waals surface area (Å²) in [6.45, 7) is 1.49. The molecule has 1 rings (SSSR count). The lowest BCUT2D eigenvalue weighted by Gasteiger charge is -2.07. The van der Waals surface area contributed by atoms with E-state index in [1.165, 1.54) is 6.92 Å². The van der Waals surface area contributed by atoms with Gasteiger partial charge in [0.2, 0.25) is 0 Å². The van der Waals surface area contributed by atoms with Gasteiger partial charge in [0.1, 0.15) is 5.56 Å². The minimum atomic E-state index is -3.16. The summed E-state index contributed by atoms with van der Waals surface area (Å²) in [5.74, 6) is -2.83. The number of carbonyl (C=O) groups is 1. The predicted octanol–water partition coefficient (Wildman–Crippen LogP) is 0.766. The van der Waals surface area contributed by atoms with Crippen LogP contribution >= 0.6 is 0 Å². The smallest absolute Gasteiger partial charge is 0.338 e. The number of anilines is 1. The summed E-state index contributed by atoms with van der Waals surface area (Å²) in [7, 11) is -3.16. The number of pyridine rings is 1. The number of hydrogen-bond acceptors (Lipinski definition) is 5. The first-order chi connectivity index (χ1) is 8.37. The van der Waals surface area contributed by atoms with Gasteiger partial charge in [-0.15, -0.1) is 0 Å². The Bertz CT molecular complexity index is 545. The molecule has 0 aliphatic rings. The van der Waals surface area contributed by atoms with E-state index in [0.29, 0.717) is 0 Å². The molecule has 6 nitrogen and oxygen atoms in total. The van der Waals surface area contributed by atoms with Crippen LogP contribution in [0.4, 0.5) is 10.2 Å². The van der Waals surface area contributed by atoms with Crippen molar-refractivity contribution in [3.05, 3.63) is 23.6 Å². The van der Waals surface area contributed by atoms with E-state index >= 15 is 0 Å². The second-order valence-electron chi connectivity index (χ2n) is 3.49. The van der Waals surface area contributed by atoms with Crippen LogP contribution in [0.1, 0.15) is 17.3 Å². The normalized spacial score (nSPS) is 11.2. The van der Waals surface area contributed by atoms with Gasteiger partial charge >= 0.3 is 5.97 Å². The monoisotopic (exact) mass is 276 g/mol. The molecule has 0 saturated carbocycles. The van der Waals surface area contributed by atoms with E-state index in [2.05, 4.69) is 10.3 Å². The lowest BCUT2D eigenvalue weighted by atomic mass is 10.2. The number of aromatic nitrogens is 1. The Morgan fingerprint density at radius 1 is 1.56 bits per heavy atom. The largest absolute Gasteiger partial charge is 0.478 e. The van der Waals surface area contributed by atoms with Crippen molar-refractivity contribution < 1.29 is 22.7 Å². The van der Waals surface area contributed by atoms with Crippen molar-refractivity contribution in [1.29, 1.82) is 0 Å². The molecular weight excluding hydrogens is 263 g/mol. The second kappa shape index (κ2) is 5.76. The summed E-state index contributed by atoms with van der Waals surface area (Å²) in [5, 5.41) is 11.2. The van der Waals surface area contributed by atoms with Crippen molar-refractivity contribution in [3.8, 4) is 0 Å². The zero-order valence-corrected chi connectivity index (χ0v) is 10.5. The van der Waals surface area contributed by atoms with E-state index in [9.17, 15) is 17.6 Å². The summed E-state index contributed by atoms with van der Waals surface area (Å²) < 4.78 is 36.0. The highest BCUT2D eigenvalue weighted by Crippen LogP contribution is 2.14. The molecule has 1 aromatic heterocycles. The van der Waals surface area contributed by atoms with Crippen molar-refractivity contribution in [2.75, 3.05) is 23.4 Å². The molecule has 0 bridgehead atoms. The minimum absolute atomic E-state index is 0.000242. The number of sulfone groups is 1. The summed E-state index contributed by atoms with van der Waals surface area (Å²) in [6, 6.07) is 1.03. The molecule has 2 N–H and O–H groups in total. The molecule has 0 fully saturated rings. The van der Waals surface area contributed by atoms with Crippen molar-refractivity contribution in [2.45, 2.75) is 6.92 Å². The van der Waals surface area contributed by atoms with Crippen LogP contribution in [0.3, 0.4) is 0 Å². The highest BCUT2D eigenvalue weighted by Gasteiger charge is 2.15. The zero-order chi connectivity index (χ0) is 13.8. The number of carboxylic acids is 1. The number of hydrogen-bond donors (Lipinski definition) is 2. The Balaban J connectivity index is 2.75. The molecule has 0 unspecified atom stereocenters. The number of rotatable bonds is 6. The maximum atomic E-state index is 13.6. The predicted molar refractivity (Wildman–Crippen MR) is 64.0 cm³/mol. The molecule has 0 aliphatic carbocycles.